The van der Waals surface area contributed by atoms with Crippen molar-refractivity contribution in [3.63, 3.8) is 0 Å². The van der Waals surface area contributed by atoms with Gasteiger partial charge in [0.2, 0.25) is 0 Å². The Morgan fingerprint density at radius 2 is 1.80 bits per heavy atom. The molecule has 0 spiro atoms. The Labute approximate surface area is 172 Å². The molecule has 0 saturated heterocycles. The van der Waals surface area contributed by atoms with Crippen LogP contribution in [0.5, 0.6) is 0 Å². The number of non-ortho nitro benzene ring substituents is 1. The summed E-state index contributed by atoms with van der Waals surface area (Å²) in [6, 6.07) is 5.64. The number of Topliss-reactive ketones (excluding diaryl/α,β-unsaturated/α-hetero) is 1. The van der Waals surface area contributed by atoms with Gasteiger partial charge in [-0.3, -0.25) is 19.7 Å². The zero-order chi connectivity index (χ0) is 22.2. The second-order valence-corrected chi connectivity index (χ2v) is 7.38. The summed E-state index contributed by atoms with van der Waals surface area (Å²) in [4.78, 5) is 48.8. The average molecular weight is 414 g/mol. The molecule has 0 unspecified atom stereocenters. The van der Waals surface area contributed by atoms with E-state index in [2.05, 4.69) is 5.32 Å². The first kappa shape index (κ1) is 21.2. The summed E-state index contributed by atoms with van der Waals surface area (Å²) in [6.07, 6.45) is 0.413. The van der Waals surface area contributed by atoms with Gasteiger partial charge in [-0.25, -0.2) is 4.79 Å². The van der Waals surface area contributed by atoms with Crippen LogP contribution >= 0.6 is 0 Å². The number of nitro benzene ring substituents is 1. The van der Waals surface area contributed by atoms with Gasteiger partial charge < -0.3 is 14.8 Å². The van der Waals surface area contributed by atoms with Gasteiger partial charge in [0.15, 0.2) is 5.78 Å². The fourth-order valence-corrected chi connectivity index (χ4v) is 4.18. The van der Waals surface area contributed by atoms with Gasteiger partial charge in [-0.15, -0.1) is 0 Å². The Morgan fingerprint density at radius 1 is 1.17 bits per heavy atom. The van der Waals surface area contributed by atoms with Gasteiger partial charge in [-0.1, -0.05) is 19.1 Å². The lowest BCUT2D eigenvalue weighted by atomic mass is 9.69. The van der Waals surface area contributed by atoms with Crippen LogP contribution in [0, 0.1) is 22.0 Å². The quantitative estimate of drug-likeness (QED) is 0.345. The Morgan fingerprint density at radius 3 is 2.33 bits per heavy atom. The number of ether oxygens (including phenoxy) is 2. The number of carbonyl (C=O) groups excluding carboxylic acids is 3. The molecule has 30 heavy (non-hydrogen) atoms. The Balaban J connectivity index is 2.19. The summed E-state index contributed by atoms with van der Waals surface area (Å²) >= 11 is 0. The van der Waals surface area contributed by atoms with Crippen molar-refractivity contribution in [1.29, 1.82) is 0 Å². The van der Waals surface area contributed by atoms with Crippen molar-refractivity contribution in [3.05, 3.63) is 62.5 Å². The summed E-state index contributed by atoms with van der Waals surface area (Å²) in [7, 11) is 2.46. The highest BCUT2D eigenvalue weighted by Gasteiger charge is 2.47. The van der Waals surface area contributed by atoms with Gasteiger partial charge in [0.25, 0.3) is 5.69 Å². The number of nitrogens with zero attached hydrogens (tertiary/aromatic N) is 1. The summed E-state index contributed by atoms with van der Waals surface area (Å²) in [5.74, 6) is -3.79. The maximum Gasteiger partial charge on any atom is 0.336 e. The topological polar surface area (TPSA) is 125 Å². The number of esters is 2. The third-order valence-corrected chi connectivity index (χ3v) is 5.59. The number of rotatable bonds is 4. The summed E-state index contributed by atoms with van der Waals surface area (Å²) < 4.78 is 9.76. The molecule has 9 nitrogen and oxygen atoms in total. The summed E-state index contributed by atoms with van der Waals surface area (Å²) in [6.45, 7) is 3.50. The van der Waals surface area contributed by atoms with Crippen molar-refractivity contribution >= 4 is 23.4 Å². The van der Waals surface area contributed by atoms with Gasteiger partial charge in [0, 0.05) is 35.0 Å². The summed E-state index contributed by atoms with van der Waals surface area (Å²) in [5.41, 5.74) is 2.06. The molecular weight excluding hydrogens is 392 g/mol. The standard InChI is InChI=1S/C21H22N2O7/c1-10-9-14-18(19(24)15(10)20(25)29-3)17(16(11(2)22-14)21(26)30-4)12-5-7-13(8-6-12)23(27)28/h5-8,10,15,17,22H,9H2,1-4H3/t10-,15+,17+/m1/s1. The van der Waals surface area contributed by atoms with Gasteiger partial charge >= 0.3 is 11.9 Å². The van der Waals surface area contributed by atoms with Crippen LogP contribution in [0.15, 0.2) is 46.8 Å². The van der Waals surface area contributed by atoms with Crippen LogP contribution in [-0.4, -0.2) is 36.9 Å². The van der Waals surface area contributed by atoms with E-state index >= 15 is 0 Å². The molecule has 1 N–H and O–H groups in total. The molecule has 2 aliphatic rings. The zero-order valence-corrected chi connectivity index (χ0v) is 17.1. The van der Waals surface area contributed by atoms with Gasteiger partial charge in [0.1, 0.15) is 5.92 Å². The molecular formula is C21H22N2O7. The monoisotopic (exact) mass is 414 g/mol. The van der Waals surface area contributed by atoms with Gasteiger partial charge in [-0.2, -0.15) is 0 Å². The van der Waals surface area contributed by atoms with Crippen LogP contribution in [-0.2, 0) is 23.9 Å². The lowest BCUT2D eigenvalue weighted by Crippen LogP contribution is -2.43. The van der Waals surface area contributed by atoms with E-state index in [0.29, 0.717) is 23.4 Å². The molecule has 0 fully saturated rings. The predicted molar refractivity (Wildman–Crippen MR) is 105 cm³/mol. The third-order valence-electron chi connectivity index (χ3n) is 5.59. The number of methoxy groups -OCH3 is 2. The molecule has 0 bridgehead atoms. The molecule has 1 aliphatic heterocycles. The maximum atomic E-state index is 13.4. The van der Waals surface area contributed by atoms with Crippen molar-refractivity contribution < 1.29 is 28.8 Å². The first-order valence-electron chi connectivity index (χ1n) is 9.36. The number of ketones is 1. The van der Waals surface area contributed by atoms with Crippen molar-refractivity contribution in [3.8, 4) is 0 Å². The number of allylic oxidation sites excluding steroid dienone is 3. The molecule has 3 rings (SSSR count). The van der Waals surface area contributed by atoms with Crippen LogP contribution in [0.4, 0.5) is 5.69 Å². The lowest BCUT2D eigenvalue weighted by Gasteiger charge is -2.38. The number of nitrogens with one attached hydrogen (secondary N) is 1. The van der Waals surface area contributed by atoms with E-state index in [4.69, 9.17) is 9.47 Å². The van der Waals surface area contributed by atoms with Crippen LogP contribution in [0.2, 0.25) is 0 Å². The molecule has 0 saturated carbocycles. The number of dihydropyridines is 1. The smallest absolute Gasteiger partial charge is 0.336 e. The Hall–Kier alpha value is -3.49. The summed E-state index contributed by atoms with van der Waals surface area (Å²) in [5, 5.41) is 14.2. The molecule has 1 aromatic rings. The van der Waals surface area contributed by atoms with Gasteiger partial charge in [-0.05, 0) is 24.8 Å². The molecule has 1 heterocycles. The molecule has 0 aromatic heterocycles. The molecule has 9 heteroatoms. The lowest BCUT2D eigenvalue weighted by molar-refractivity contribution is -0.384. The maximum absolute atomic E-state index is 13.4. The fourth-order valence-electron chi connectivity index (χ4n) is 4.18. The number of carbonyl (C=O) groups is 3. The van der Waals surface area contributed by atoms with Crippen molar-refractivity contribution in [2.45, 2.75) is 26.2 Å². The minimum Gasteiger partial charge on any atom is -0.468 e. The van der Waals surface area contributed by atoms with E-state index in [0.717, 1.165) is 0 Å². The minimum absolute atomic E-state index is 0.113. The molecule has 1 aliphatic carbocycles. The first-order chi connectivity index (χ1) is 14.2. The number of benzene rings is 1. The highest BCUT2D eigenvalue weighted by atomic mass is 16.6. The van der Waals surface area contributed by atoms with Crippen molar-refractivity contribution in [1.82, 2.24) is 5.32 Å². The first-order valence-corrected chi connectivity index (χ1v) is 9.36. The van der Waals surface area contributed by atoms with E-state index in [1.807, 2.05) is 0 Å². The predicted octanol–water partition coefficient (Wildman–Crippen LogP) is 2.38. The number of hydrogen-bond donors (Lipinski definition) is 1. The van der Waals surface area contributed by atoms with E-state index in [1.165, 1.54) is 38.5 Å². The highest BCUT2D eigenvalue weighted by molar-refractivity contribution is 6.12. The van der Waals surface area contributed by atoms with Crippen LogP contribution in [0.25, 0.3) is 0 Å². The number of nitro groups is 1. The van der Waals surface area contributed by atoms with Crippen molar-refractivity contribution in [2.24, 2.45) is 11.8 Å². The Kier molecular flexibility index (Phi) is 5.73. The molecule has 0 amide bonds. The third kappa shape index (κ3) is 3.47. The molecule has 3 atom stereocenters. The highest BCUT2D eigenvalue weighted by Crippen LogP contribution is 2.45. The van der Waals surface area contributed by atoms with Crippen LogP contribution in [0.3, 0.4) is 0 Å². The van der Waals surface area contributed by atoms with E-state index in [-0.39, 0.29) is 22.8 Å². The zero-order valence-electron chi connectivity index (χ0n) is 17.1. The fraction of sp³-hybridized carbons (Fsp3) is 0.381. The molecule has 1 aromatic carbocycles. The second kappa shape index (κ2) is 8.10. The SMILES string of the molecule is COC(=O)C1=C(C)NC2=C(C(=O)[C@@H](C(=O)OC)[C@H](C)C2)[C@H]1c1ccc([N+](=O)[O-])cc1. The average Bonchev–Trinajstić information content (AvgIpc) is 2.72. The van der Waals surface area contributed by atoms with E-state index in [9.17, 15) is 24.5 Å². The van der Waals surface area contributed by atoms with Gasteiger partial charge in [0.05, 0.1) is 24.7 Å². The number of hydrogen-bond acceptors (Lipinski definition) is 8. The Bertz CT molecular complexity index is 991. The normalized spacial score (nSPS) is 23.5. The largest absolute Gasteiger partial charge is 0.468 e. The van der Waals surface area contributed by atoms with E-state index < -0.39 is 34.5 Å². The van der Waals surface area contributed by atoms with Crippen LogP contribution < -0.4 is 5.32 Å². The molecule has 158 valence electrons. The second-order valence-electron chi connectivity index (χ2n) is 7.38. The minimum atomic E-state index is -0.992. The van der Waals surface area contributed by atoms with Crippen LogP contribution in [0.1, 0.15) is 31.7 Å². The van der Waals surface area contributed by atoms with E-state index in [1.54, 1.807) is 13.8 Å². The molecule has 0 radical (unpaired) electrons. The van der Waals surface area contributed by atoms with Crippen molar-refractivity contribution in [2.75, 3.05) is 14.2 Å².